The quantitative estimate of drug-likeness (QED) is 0.537. The highest BCUT2D eigenvalue weighted by atomic mass is 16.6. The smallest absolute Gasteiger partial charge is 0.476 e. The van der Waals surface area contributed by atoms with Gasteiger partial charge in [0.05, 0.1) is 19.3 Å². The number of carboxylic acid groups (broad SMARTS) is 1. The van der Waals surface area contributed by atoms with Crippen molar-refractivity contribution in [1.29, 1.82) is 0 Å². The second-order valence-corrected chi connectivity index (χ2v) is 3.24. The van der Waals surface area contributed by atoms with Crippen LogP contribution >= 0.6 is 0 Å². The first-order valence-corrected chi connectivity index (χ1v) is 4.73. The van der Waals surface area contributed by atoms with E-state index in [4.69, 9.17) is 5.11 Å². The molecule has 0 saturated carbocycles. The fourth-order valence-electron chi connectivity index (χ4n) is 1.19. The Hall–Kier alpha value is -2.85. The van der Waals surface area contributed by atoms with E-state index in [0.29, 0.717) is 0 Å². The topological polar surface area (TPSA) is 142 Å². The van der Waals surface area contributed by atoms with E-state index in [1.165, 1.54) is 21.9 Å². The third-order valence-corrected chi connectivity index (χ3v) is 2.00. The van der Waals surface area contributed by atoms with Crippen molar-refractivity contribution in [2.75, 3.05) is 0 Å². The van der Waals surface area contributed by atoms with E-state index in [1.807, 2.05) is 0 Å². The average molecular weight is 253 g/mol. The van der Waals surface area contributed by atoms with Crippen LogP contribution in [-0.2, 0) is 13.1 Å². The summed E-state index contributed by atoms with van der Waals surface area (Å²) in [5.74, 6) is -1.66. The van der Waals surface area contributed by atoms with Gasteiger partial charge in [-0.3, -0.25) is 0 Å². The first kappa shape index (κ1) is 11.6. The van der Waals surface area contributed by atoms with E-state index in [0.717, 1.165) is 0 Å². The monoisotopic (exact) mass is 253 g/mol. The minimum Gasteiger partial charge on any atom is -0.476 e. The van der Waals surface area contributed by atoms with Crippen molar-refractivity contribution in [3.63, 3.8) is 0 Å². The van der Waals surface area contributed by atoms with Crippen LogP contribution < -0.4 is 0 Å². The lowest BCUT2D eigenvalue weighted by atomic mass is 10.5. The fraction of sp³-hybridized carbons (Fsp3) is 0.286. The highest BCUT2D eigenvalue weighted by molar-refractivity contribution is 5.84. The summed E-state index contributed by atoms with van der Waals surface area (Å²) >= 11 is 0. The first-order chi connectivity index (χ1) is 8.56. The molecule has 0 fully saturated rings. The highest BCUT2D eigenvalue weighted by Crippen LogP contribution is 2.00. The Kier molecular flexibility index (Phi) is 2.95. The number of rotatable bonds is 5. The molecule has 2 rings (SSSR count). The minimum absolute atomic E-state index is 0.167. The largest absolute Gasteiger partial charge is 0.490 e. The zero-order valence-electron chi connectivity index (χ0n) is 8.87. The van der Waals surface area contributed by atoms with Crippen LogP contribution in [0.25, 0.3) is 0 Å². The van der Waals surface area contributed by atoms with Gasteiger partial charge in [-0.2, -0.15) is 4.68 Å². The Morgan fingerprint density at radius 2 is 2.17 bits per heavy atom. The Bertz CT molecular complexity index is 536. The van der Waals surface area contributed by atoms with Gasteiger partial charge in [-0.15, -0.1) is 5.10 Å². The summed E-state index contributed by atoms with van der Waals surface area (Å²) in [5.41, 5.74) is -0.167. The predicted octanol–water partition coefficient (Wildman–Crippen LogP) is -0.824. The molecule has 0 amide bonds. The lowest BCUT2D eigenvalue weighted by molar-refractivity contribution is -0.394. The highest BCUT2D eigenvalue weighted by Gasteiger charge is 2.13. The molecule has 0 bridgehead atoms. The summed E-state index contributed by atoms with van der Waals surface area (Å²) in [7, 11) is 0. The summed E-state index contributed by atoms with van der Waals surface area (Å²) < 4.78 is 2.57. The Morgan fingerprint density at radius 1 is 1.44 bits per heavy atom. The molecule has 11 nitrogen and oxygen atoms in total. The van der Waals surface area contributed by atoms with E-state index in [9.17, 15) is 14.9 Å². The normalized spacial score (nSPS) is 10.4. The lowest BCUT2D eigenvalue weighted by Crippen LogP contribution is -2.08. The molecular weight excluding hydrogens is 246 g/mol. The van der Waals surface area contributed by atoms with Crippen LogP contribution in [0.5, 0.6) is 0 Å². The second kappa shape index (κ2) is 4.57. The molecule has 2 heterocycles. The minimum atomic E-state index is -1.17. The summed E-state index contributed by atoms with van der Waals surface area (Å²) in [4.78, 5) is 23.7. The molecule has 0 aromatic carbocycles. The Labute approximate surface area is 98.8 Å². The van der Waals surface area contributed by atoms with Gasteiger partial charge in [0.15, 0.2) is 5.69 Å². The second-order valence-electron chi connectivity index (χ2n) is 3.24. The molecule has 94 valence electrons. The van der Waals surface area contributed by atoms with Gasteiger partial charge in [0.1, 0.15) is 0 Å². The third kappa shape index (κ3) is 2.45. The third-order valence-electron chi connectivity index (χ3n) is 2.00. The van der Waals surface area contributed by atoms with E-state index in [2.05, 4.69) is 20.4 Å². The molecule has 0 unspecified atom stereocenters. The lowest BCUT2D eigenvalue weighted by Gasteiger charge is -1.96. The molecule has 0 radical (unpaired) electrons. The van der Waals surface area contributed by atoms with Crippen LogP contribution in [0.15, 0.2) is 12.5 Å². The number of hydrogen-bond donors (Lipinski definition) is 1. The summed E-state index contributed by atoms with van der Waals surface area (Å²) in [5, 5.41) is 29.6. The molecule has 0 aliphatic rings. The van der Waals surface area contributed by atoms with E-state index in [1.54, 1.807) is 0 Å². The van der Waals surface area contributed by atoms with Crippen LogP contribution in [0.1, 0.15) is 10.5 Å². The number of hydrogen-bond acceptors (Lipinski definition) is 7. The molecule has 0 spiro atoms. The van der Waals surface area contributed by atoms with Crippen LogP contribution in [0, 0.1) is 10.1 Å². The van der Waals surface area contributed by atoms with Gasteiger partial charge in [0, 0.05) is 5.10 Å². The van der Waals surface area contributed by atoms with E-state index < -0.39 is 16.8 Å². The summed E-state index contributed by atoms with van der Waals surface area (Å²) in [6.07, 6.45) is 2.47. The number of carbonyl (C=O) groups is 1. The maximum Gasteiger partial charge on any atom is 0.490 e. The number of nitrogens with zero attached hydrogens (tertiary/aromatic N) is 7. The van der Waals surface area contributed by atoms with Crippen molar-refractivity contribution in [3.8, 4) is 0 Å². The molecule has 18 heavy (non-hydrogen) atoms. The van der Waals surface area contributed by atoms with Crippen LogP contribution in [0.4, 0.5) is 5.95 Å². The molecule has 2 aromatic heterocycles. The van der Waals surface area contributed by atoms with Crippen LogP contribution in [0.2, 0.25) is 0 Å². The number of aromatic carboxylic acids is 1. The first-order valence-electron chi connectivity index (χ1n) is 4.73. The van der Waals surface area contributed by atoms with Gasteiger partial charge in [-0.25, -0.2) is 9.48 Å². The van der Waals surface area contributed by atoms with Crippen molar-refractivity contribution in [3.05, 3.63) is 28.3 Å². The van der Waals surface area contributed by atoms with E-state index >= 15 is 0 Å². The number of carboxylic acids is 1. The van der Waals surface area contributed by atoms with Gasteiger partial charge >= 0.3 is 11.9 Å². The molecule has 0 aliphatic heterocycles. The van der Waals surface area contributed by atoms with Crippen LogP contribution in [-0.4, -0.2) is 45.8 Å². The fourth-order valence-corrected chi connectivity index (χ4v) is 1.19. The molecule has 11 heteroatoms. The van der Waals surface area contributed by atoms with Crippen molar-refractivity contribution in [2.24, 2.45) is 0 Å². The zero-order chi connectivity index (χ0) is 13.1. The molecular formula is C7H7N7O4. The zero-order valence-corrected chi connectivity index (χ0v) is 8.87. The summed E-state index contributed by atoms with van der Waals surface area (Å²) in [6, 6.07) is 0. The Morgan fingerprint density at radius 3 is 2.72 bits per heavy atom. The van der Waals surface area contributed by atoms with Gasteiger partial charge in [-0.05, 0) is 4.92 Å². The molecule has 1 N–H and O–H groups in total. The maximum absolute atomic E-state index is 10.5. The van der Waals surface area contributed by atoms with Gasteiger partial charge in [0.2, 0.25) is 6.33 Å². The average Bonchev–Trinajstić information content (AvgIpc) is 2.95. The predicted molar refractivity (Wildman–Crippen MR) is 53.7 cm³/mol. The number of aryl methyl sites for hydroxylation is 2. The van der Waals surface area contributed by atoms with Crippen molar-refractivity contribution >= 4 is 11.9 Å². The SMILES string of the molecule is O=C(O)c1cn(CCn2cnc([N+](=O)[O-])n2)nn1. The van der Waals surface area contributed by atoms with Gasteiger partial charge < -0.3 is 15.2 Å². The van der Waals surface area contributed by atoms with Crippen molar-refractivity contribution in [1.82, 2.24) is 29.8 Å². The van der Waals surface area contributed by atoms with Crippen LogP contribution in [0.3, 0.4) is 0 Å². The summed E-state index contributed by atoms with van der Waals surface area (Å²) in [6.45, 7) is 0.546. The maximum atomic E-state index is 10.5. The Balaban J connectivity index is 1.97. The van der Waals surface area contributed by atoms with Gasteiger partial charge in [0.25, 0.3) is 0 Å². The molecule has 2 aromatic rings. The van der Waals surface area contributed by atoms with Crippen molar-refractivity contribution in [2.45, 2.75) is 13.1 Å². The molecule has 0 aliphatic carbocycles. The number of nitro groups is 1. The standard InChI is InChI=1S/C7H7N7O4/c15-6(16)5-3-12(11-9-5)1-2-13-4-8-7(10-13)14(17)18/h3-4H,1-2H2,(H,15,16). The van der Waals surface area contributed by atoms with E-state index in [-0.39, 0.29) is 18.8 Å². The van der Waals surface area contributed by atoms with Crippen molar-refractivity contribution < 1.29 is 14.8 Å². The molecule has 0 atom stereocenters. The molecule has 0 saturated heterocycles. The number of aromatic nitrogens is 6. The van der Waals surface area contributed by atoms with Gasteiger partial charge in [-0.1, -0.05) is 10.2 Å².